The molecule has 0 bridgehead atoms. The molecule has 3 atom stereocenters. The van der Waals surface area contributed by atoms with Gasteiger partial charge in [-0.2, -0.15) is 0 Å². The summed E-state index contributed by atoms with van der Waals surface area (Å²) in [6, 6.07) is -0.902. The molecule has 3 unspecified atom stereocenters. The Hall–Kier alpha value is -2.55. The summed E-state index contributed by atoms with van der Waals surface area (Å²) in [6.45, 7) is 6.79. The fourth-order valence-electron chi connectivity index (χ4n) is 8.56. The van der Waals surface area contributed by atoms with Gasteiger partial charge < -0.3 is 28.5 Å². The van der Waals surface area contributed by atoms with E-state index in [0.717, 1.165) is 96.3 Å². The summed E-state index contributed by atoms with van der Waals surface area (Å²) in [5.74, 6) is -0.571. The SMILES string of the molecule is CCCCC/C=C\C/C=C\C/C=C\C/C=C\CCCCCCCCCC(=O)NC(COP(=O)([O-])OCC[N+](C)(C)C)C(/C=C\CCCCCCCCCCC)OC(=O)CCCCC/C=C\CCCCCCCCC. The van der Waals surface area contributed by atoms with Crippen molar-refractivity contribution < 1.29 is 37.3 Å². The Kier molecular flexibility index (Phi) is 52.0. The van der Waals surface area contributed by atoms with E-state index in [1.165, 1.54) is 135 Å². The van der Waals surface area contributed by atoms with E-state index < -0.39 is 26.6 Å². The maximum absolute atomic E-state index is 13.5. The minimum atomic E-state index is -4.70. The first-order valence-corrected chi connectivity index (χ1v) is 32.2. The Morgan fingerprint density at radius 1 is 0.473 bits per heavy atom. The Balaban J connectivity index is 5.22. The first kappa shape index (κ1) is 71.5. The van der Waals surface area contributed by atoms with Crippen molar-refractivity contribution in [2.24, 2.45) is 0 Å². The Bertz CT molecular complexity index is 1500. The highest BCUT2D eigenvalue weighted by Crippen LogP contribution is 2.38. The van der Waals surface area contributed by atoms with Crippen LogP contribution >= 0.6 is 7.82 Å². The predicted molar refractivity (Wildman–Crippen MR) is 316 cm³/mol. The zero-order valence-electron chi connectivity index (χ0n) is 49.0. The largest absolute Gasteiger partial charge is 0.756 e. The van der Waals surface area contributed by atoms with Crippen LogP contribution in [-0.4, -0.2) is 69.4 Å². The summed E-state index contributed by atoms with van der Waals surface area (Å²) < 4.78 is 30.2. The number of allylic oxidation sites excluding steroid dienone is 11. The summed E-state index contributed by atoms with van der Waals surface area (Å²) in [7, 11) is 1.16. The van der Waals surface area contributed by atoms with Gasteiger partial charge in [0.1, 0.15) is 19.3 Å². The van der Waals surface area contributed by atoms with Gasteiger partial charge in [0.05, 0.1) is 33.8 Å². The monoisotopic (exact) mass is 1060 g/mol. The van der Waals surface area contributed by atoms with Gasteiger partial charge in [-0.1, -0.05) is 229 Å². The lowest BCUT2D eigenvalue weighted by molar-refractivity contribution is -0.870. The van der Waals surface area contributed by atoms with Crippen molar-refractivity contribution in [3.05, 3.63) is 72.9 Å². The number of likely N-dealkylation sites (N-methyl/N-ethyl adjacent to an activating group) is 1. The molecular formula is C64H117N2O7P. The second-order valence-electron chi connectivity index (χ2n) is 21.8. The molecule has 1 N–H and O–H groups in total. The fourth-order valence-corrected chi connectivity index (χ4v) is 9.28. The lowest BCUT2D eigenvalue weighted by Crippen LogP contribution is -2.47. The number of phosphoric ester groups is 1. The van der Waals surface area contributed by atoms with Gasteiger partial charge in [0.25, 0.3) is 7.82 Å². The number of rotatable bonds is 55. The van der Waals surface area contributed by atoms with Crippen LogP contribution in [0.4, 0.5) is 0 Å². The van der Waals surface area contributed by atoms with E-state index in [1.54, 1.807) is 0 Å². The summed E-state index contributed by atoms with van der Waals surface area (Å²) in [6.07, 6.45) is 68.7. The van der Waals surface area contributed by atoms with E-state index in [4.69, 9.17) is 13.8 Å². The number of hydrogen-bond acceptors (Lipinski definition) is 7. The second-order valence-corrected chi connectivity index (χ2v) is 23.3. The van der Waals surface area contributed by atoms with E-state index in [9.17, 15) is 19.0 Å². The normalized spacial score (nSPS) is 14.2. The molecule has 0 heterocycles. The number of carbonyl (C=O) groups excluding carboxylic acids is 2. The number of quaternary nitrogens is 1. The van der Waals surface area contributed by atoms with Gasteiger partial charge in [0.2, 0.25) is 5.91 Å². The van der Waals surface area contributed by atoms with Crippen LogP contribution in [0.2, 0.25) is 0 Å². The van der Waals surface area contributed by atoms with E-state index in [2.05, 4.69) is 86.8 Å². The first-order chi connectivity index (χ1) is 35.9. The van der Waals surface area contributed by atoms with Crippen molar-refractivity contribution in [1.82, 2.24) is 5.32 Å². The minimum Gasteiger partial charge on any atom is -0.756 e. The number of carbonyl (C=O) groups is 2. The van der Waals surface area contributed by atoms with Crippen LogP contribution in [0.25, 0.3) is 0 Å². The minimum absolute atomic E-state index is 0.0290. The number of nitrogens with zero attached hydrogens (tertiary/aromatic N) is 1. The molecule has 0 rings (SSSR count). The molecule has 0 aliphatic carbocycles. The smallest absolute Gasteiger partial charge is 0.306 e. The molecule has 74 heavy (non-hydrogen) atoms. The van der Waals surface area contributed by atoms with E-state index in [-0.39, 0.29) is 24.9 Å². The molecule has 0 saturated heterocycles. The maximum Gasteiger partial charge on any atom is 0.306 e. The average Bonchev–Trinajstić information content (AvgIpc) is 3.36. The van der Waals surface area contributed by atoms with E-state index >= 15 is 0 Å². The molecule has 0 spiro atoms. The summed E-state index contributed by atoms with van der Waals surface area (Å²) in [5, 5.41) is 3.02. The van der Waals surface area contributed by atoms with Crippen molar-refractivity contribution >= 4 is 19.7 Å². The number of esters is 1. The van der Waals surface area contributed by atoms with Gasteiger partial charge >= 0.3 is 5.97 Å². The third-order valence-corrected chi connectivity index (χ3v) is 14.3. The Morgan fingerprint density at radius 3 is 1.28 bits per heavy atom. The highest BCUT2D eigenvalue weighted by atomic mass is 31.2. The lowest BCUT2D eigenvalue weighted by Gasteiger charge is -2.30. The standard InChI is InChI=1S/C64H117N2O7P/c1-7-10-13-16-19-22-25-27-29-30-31-32-33-34-35-36-37-38-41-44-47-50-53-56-63(67)65-61(60-72-74(69,70)71-59-58-66(4,5)6)62(55-52-49-46-43-40-24-21-18-15-12-9-3)73-64(68)57-54-51-48-45-42-39-28-26-23-20-17-14-11-8-2/h19,22,27,29,31-32,34-35,39,42,52,55,61-62H,7-18,20-21,23-26,28,30,33,36-38,40-41,43-51,53-54,56-60H2,1-6H3,(H-,65,67,69,70)/b22-19-,29-27-,32-31-,35-34-,42-39-,55-52-. The molecule has 1 amide bonds. The second kappa shape index (κ2) is 53.8. The van der Waals surface area contributed by atoms with Gasteiger partial charge in [-0.3, -0.25) is 14.2 Å². The van der Waals surface area contributed by atoms with Crippen LogP contribution in [0.5, 0.6) is 0 Å². The van der Waals surface area contributed by atoms with E-state index in [0.29, 0.717) is 23.9 Å². The number of amides is 1. The molecule has 0 radical (unpaired) electrons. The van der Waals surface area contributed by atoms with Gasteiger partial charge in [0, 0.05) is 12.8 Å². The molecule has 9 nitrogen and oxygen atoms in total. The van der Waals surface area contributed by atoms with Crippen molar-refractivity contribution in [1.29, 1.82) is 0 Å². The van der Waals surface area contributed by atoms with Gasteiger partial charge in [0.15, 0.2) is 0 Å². The number of ether oxygens (including phenoxy) is 1. The van der Waals surface area contributed by atoms with Gasteiger partial charge in [-0.25, -0.2) is 0 Å². The first-order valence-electron chi connectivity index (χ1n) is 30.7. The summed E-state index contributed by atoms with van der Waals surface area (Å²) in [4.78, 5) is 39.9. The van der Waals surface area contributed by atoms with Crippen LogP contribution < -0.4 is 10.2 Å². The summed E-state index contributed by atoms with van der Waals surface area (Å²) in [5.41, 5.74) is 0. The highest BCUT2D eigenvalue weighted by Gasteiger charge is 2.27. The molecule has 10 heteroatoms. The van der Waals surface area contributed by atoms with Crippen LogP contribution in [0.1, 0.15) is 271 Å². The molecule has 0 aliphatic heterocycles. The van der Waals surface area contributed by atoms with Gasteiger partial charge in [-0.15, -0.1) is 0 Å². The third-order valence-electron chi connectivity index (χ3n) is 13.4. The topological polar surface area (TPSA) is 114 Å². The quantitative estimate of drug-likeness (QED) is 0.0212. The number of nitrogens with one attached hydrogen (secondary N) is 1. The number of hydrogen-bond donors (Lipinski definition) is 1. The molecule has 0 aromatic carbocycles. The number of unbranched alkanes of at least 4 members (excludes halogenated alkanes) is 29. The van der Waals surface area contributed by atoms with Crippen molar-refractivity contribution in [2.75, 3.05) is 40.9 Å². The van der Waals surface area contributed by atoms with Crippen LogP contribution in [-0.2, 0) is 27.9 Å². The molecule has 0 aliphatic rings. The van der Waals surface area contributed by atoms with Crippen LogP contribution in [0.15, 0.2) is 72.9 Å². The molecule has 0 aromatic rings. The fraction of sp³-hybridized carbons (Fsp3) is 0.781. The van der Waals surface area contributed by atoms with Crippen molar-refractivity contribution in [3.8, 4) is 0 Å². The van der Waals surface area contributed by atoms with Crippen LogP contribution in [0.3, 0.4) is 0 Å². The Morgan fingerprint density at radius 2 is 0.824 bits per heavy atom. The van der Waals surface area contributed by atoms with Crippen molar-refractivity contribution in [3.63, 3.8) is 0 Å². The Labute approximate surface area is 457 Å². The molecule has 0 aromatic heterocycles. The van der Waals surface area contributed by atoms with Gasteiger partial charge in [-0.05, 0) is 102 Å². The maximum atomic E-state index is 13.5. The predicted octanol–water partition coefficient (Wildman–Crippen LogP) is 18.2. The number of phosphoric acid groups is 1. The average molecular weight is 1060 g/mol. The lowest BCUT2D eigenvalue weighted by atomic mass is 10.1. The molecule has 0 saturated carbocycles. The molecular weight excluding hydrogens is 940 g/mol. The third kappa shape index (κ3) is 54.2. The zero-order valence-corrected chi connectivity index (χ0v) is 49.9. The van der Waals surface area contributed by atoms with Crippen molar-refractivity contribution in [2.45, 2.75) is 283 Å². The summed E-state index contributed by atoms with van der Waals surface area (Å²) >= 11 is 0. The zero-order chi connectivity index (χ0) is 54.3. The van der Waals surface area contributed by atoms with E-state index in [1.807, 2.05) is 33.3 Å². The highest BCUT2D eigenvalue weighted by molar-refractivity contribution is 7.45. The van der Waals surface area contributed by atoms with Crippen LogP contribution in [0, 0.1) is 0 Å². The molecule has 0 fully saturated rings. The molecule has 430 valence electrons.